The van der Waals surface area contributed by atoms with Crippen molar-refractivity contribution in [3.63, 3.8) is 0 Å². The fraction of sp³-hybridized carbons (Fsp3) is 0.552. The van der Waals surface area contributed by atoms with Gasteiger partial charge in [-0.25, -0.2) is 4.79 Å². The Bertz CT molecular complexity index is 1080. The van der Waals surface area contributed by atoms with Gasteiger partial charge in [0.25, 0.3) is 0 Å². The van der Waals surface area contributed by atoms with E-state index in [-0.39, 0.29) is 12.2 Å². The molecular weight excluding hydrogens is 458 g/mol. The molecule has 3 fully saturated rings. The van der Waals surface area contributed by atoms with E-state index in [0.717, 1.165) is 65.1 Å². The van der Waals surface area contributed by atoms with Crippen LogP contribution in [-0.4, -0.2) is 49.1 Å². The summed E-state index contributed by atoms with van der Waals surface area (Å²) in [6.45, 7) is 3.42. The molecule has 0 bridgehead atoms. The van der Waals surface area contributed by atoms with Crippen molar-refractivity contribution in [3.8, 4) is 22.6 Å². The molecular formula is C29H37NO6. The van der Waals surface area contributed by atoms with Crippen molar-refractivity contribution in [2.75, 3.05) is 25.6 Å². The summed E-state index contributed by atoms with van der Waals surface area (Å²) in [6.07, 6.45) is 8.18. The lowest BCUT2D eigenvalue weighted by Gasteiger charge is -2.35. The van der Waals surface area contributed by atoms with E-state index in [2.05, 4.69) is 18.3 Å². The van der Waals surface area contributed by atoms with Crippen LogP contribution >= 0.6 is 0 Å². The van der Waals surface area contributed by atoms with Crippen LogP contribution in [-0.2, 0) is 20.9 Å². The fourth-order valence-electron chi connectivity index (χ4n) is 5.25. The molecule has 2 N–H and O–H groups in total. The molecule has 1 saturated heterocycles. The highest BCUT2D eigenvalue weighted by Crippen LogP contribution is 2.40. The first kappa shape index (κ1) is 24.9. The maximum atomic E-state index is 12.2. The number of aliphatic carboxylic acids is 1. The molecule has 7 nitrogen and oxygen atoms in total. The monoisotopic (exact) mass is 495 g/mol. The Morgan fingerprint density at radius 1 is 1.06 bits per heavy atom. The minimum atomic E-state index is -1.03. The molecule has 0 radical (unpaired) electrons. The van der Waals surface area contributed by atoms with Gasteiger partial charge in [-0.2, -0.15) is 0 Å². The van der Waals surface area contributed by atoms with Crippen molar-refractivity contribution in [2.45, 2.75) is 82.6 Å². The number of carboxylic acids is 1. The average Bonchev–Trinajstić information content (AvgIpc) is 3.55. The van der Waals surface area contributed by atoms with Crippen LogP contribution in [0.2, 0.25) is 0 Å². The summed E-state index contributed by atoms with van der Waals surface area (Å²) in [5.41, 5.74) is 3.93. The minimum Gasteiger partial charge on any atom is -0.497 e. The summed E-state index contributed by atoms with van der Waals surface area (Å²) < 4.78 is 23.6. The number of methoxy groups -OCH3 is 1. The Morgan fingerprint density at radius 2 is 1.81 bits per heavy atom. The Kier molecular flexibility index (Phi) is 7.39. The molecule has 0 unspecified atom stereocenters. The number of rotatable bonds is 10. The molecule has 2 aromatic rings. The van der Waals surface area contributed by atoms with Crippen LogP contribution in [0.5, 0.6) is 11.5 Å². The molecule has 1 aliphatic heterocycles. The van der Waals surface area contributed by atoms with Crippen LogP contribution in [0.4, 0.5) is 5.69 Å². The number of carbonyl (C=O) groups is 1. The molecule has 2 aromatic carbocycles. The summed E-state index contributed by atoms with van der Waals surface area (Å²) >= 11 is 0. The van der Waals surface area contributed by atoms with Gasteiger partial charge in [-0.05, 0) is 73.1 Å². The van der Waals surface area contributed by atoms with E-state index in [0.29, 0.717) is 32.7 Å². The second-order valence-corrected chi connectivity index (χ2v) is 10.3. The van der Waals surface area contributed by atoms with Crippen molar-refractivity contribution in [2.24, 2.45) is 0 Å². The van der Waals surface area contributed by atoms with Crippen molar-refractivity contribution in [3.05, 3.63) is 41.5 Å². The van der Waals surface area contributed by atoms with Crippen LogP contribution in [0.1, 0.15) is 62.5 Å². The number of nitrogens with one attached hydrogen (secondary N) is 1. The zero-order chi connectivity index (χ0) is 25.1. The second kappa shape index (κ2) is 10.7. The summed E-state index contributed by atoms with van der Waals surface area (Å²) in [5, 5.41) is 13.4. The summed E-state index contributed by atoms with van der Waals surface area (Å²) in [7, 11) is 1.67. The highest BCUT2D eigenvalue weighted by molar-refractivity contribution is 5.84. The van der Waals surface area contributed by atoms with Gasteiger partial charge in [-0.3, -0.25) is 0 Å². The third kappa shape index (κ3) is 5.47. The molecule has 7 heteroatoms. The molecule has 0 amide bonds. The number of anilines is 1. The van der Waals surface area contributed by atoms with Crippen molar-refractivity contribution < 1.29 is 28.8 Å². The van der Waals surface area contributed by atoms with Crippen LogP contribution in [0.15, 0.2) is 30.3 Å². The lowest BCUT2D eigenvalue weighted by atomic mass is 9.89. The van der Waals surface area contributed by atoms with E-state index in [9.17, 15) is 9.90 Å². The van der Waals surface area contributed by atoms with Gasteiger partial charge in [-0.1, -0.05) is 18.9 Å². The van der Waals surface area contributed by atoms with Gasteiger partial charge in [0, 0.05) is 37.8 Å². The van der Waals surface area contributed by atoms with E-state index in [1.165, 1.54) is 12.8 Å². The first-order valence-electron chi connectivity index (χ1n) is 13.2. The molecule has 194 valence electrons. The van der Waals surface area contributed by atoms with Gasteiger partial charge in [0.1, 0.15) is 17.0 Å². The normalized spacial score (nSPS) is 19.7. The molecule has 1 heterocycles. The van der Waals surface area contributed by atoms with Crippen LogP contribution in [0, 0.1) is 6.92 Å². The SMILES string of the molecule is COc1cc(OC2CC2)c(C)c(-c2ccc(NC3(C(=O)O)CCOCC3)cc2COC2CCCC2)c1. The lowest BCUT2D eigenvalue weighted by Crippen LogP contribution is -2.50. The molecule has 0 spiro atoms. The number of benzene rings is 2. The van der Waals surface area contributed by atoms with Gasteiger partial charge in [0.2, 0.25) is 0 Å². The smallest absolute Gasteiger partial charge is 0.329 e. The topological polar surface area (TPSA) is 86.3 Å². The molecule has 2 aliphatic carbocycles. The zero-order valence-corrected chi connectivity index (χ0v) is 21.3. The highest BCUT2D eigenvalue weighted by Gasteiger charge is 2.40. The largest absolute Gasteiger partial charge is 0.497 e. The third-order valence-corrected chi connectivity index (χ3v) is 7.70. The van der Waals surface area contributed by atoms with Gasteiger partial charge in [0.15, 0.2) is 0 Å². The van der Waals surface area contributed by atoms with Crippen LogP contribution in [0.3, 0.4) is 0 Å². The average molecular weight is 496 g/mol. The van der Waals surface area contributed by atoms with Gasteiger partial charge < -0.3 is 29.4 Å². The number of hydrogen-bond acceptors (Lipinski definition) is 6. The first-order valence-corrected chi connectivity index (χ1v) is 13.2. The summed E-state index contributed by atoms with van der Waals surface area (Å²) in [5.74, 6) is 0.760. The molecule has 36 heavy (non-hydrogen) atoms. The molecule has 0 aromatic heterocycles. The molecule has 5 rings (SSSR count). The van der Waals surface area contributed by atoms with Crippen LogP contribution < -0.4 is 14.8 Å². The molecule has 3 aliphatic rings. The van der Waals surface area contributed by atoms with E-state index in [1.54, 1.807) is 7.11 Å². The number of ether oxygens (including phenoxy) is 4. The van der Waals surface area contributed by atoms with Crippen molar-refractivity contribution in [1.82, 2.24) is 0 Å². The maximum Gasteiger partial charge on any atom is 0.329 e. The van der Waals surface area contributed by atoms with E-state index in [1.807, 2.05) is 24.3 Å². The predicted octanol–water partition coefficient (Wildman–Crippen LogP) is 5.72. The van der Waals surface area contributed by atoms with E-state index >= 15 is 0 Å². The standard InChI is InChI=1S/C29H37NO6/c1-19-26(16-24(33-2)17-27(19)36-23-8-9-23)25-10-7-21(15-20(25)18-35-22-5-3-4-6-22)30-29(28(31)32)11-13-34-14-12-29/h7,10,15-17,22-23,30H,3-6,8-9,11-14,18H2,1-2H3,(H,31,32). The number of carboxylic acid groups (broad SMARTS) is 1. The predicted molar refractivity (Wildman–Crippen MR) is 138 cm³/mol. The maximum absolute atomic E-state index is 12.2. The summed E-state index contributed by atoms with van der Waals surface area (Å²) in [4.78, 5) is 12.2. The number of hydrogen-bond donors (Lipinski definition) is 2. The minimum absolute atomic E-state index is 0.274. The first-order chi connectivity index (χ1) is 17.5. The quantitative estimate of drug-likeness (QED) is 0.436. The Hall–Kier alpha value is -2.77. The molecule has 2 saturated carbocycles. The Morgan fingerprint density at radius 3 is 2.47 bits per heavy atom. The second-order valence-electron chi connectivity index (χ2n) is 10.3. The van der Waals surface area contributed by atoms with Gasteiger partial charge in [-0.15, -0.1) is 0 Å². The van der Waals surface area contributed by atoms with E-state index in [4.69, 9.17) is 18.9 Å². The van der Waals surface area contributed by atoms with Crippen molar-refractivity contribution in [1.29, 1.82) is 0 Å². The van der Waals surface area contributed by atoms with Gasteiger partial charge in [0.05, 0.1) is 25.9 Å². The van der Waals surface area contributed by atoms with E-state index < -0.39 is 11.5 Å². The summed E-state index contributed by atoms with van der Waals surface area (Å²) in [6, 6.07) is 10.1. The Balaban J connectivity index is 1.51. The van der Waals surface area contributed by atoms with Crippen molar-refractivity contribution >= 4 is 11.7 Å². The zero-order valence-electron chi connectivity index (χ0n) is 21.3. The third-order valence-electron chi connectivity index (χ3n) is 7.70. The fourth-order valence-corrected chi connectivity index (χ4v) is 5.25. The van der Waals surface area contributed by atoms with Crippen LogP contribution in [0.25, 0.3) is 11.1 Å². The van der Waals surface area contributed by atoms with Gasteiger partial charge >= 0.3 is 5.97 Å². The molecule has 0 atom stereocenters. The Labute approximate surface area is 213 Å². The lowest BCUT2D eigenvalue weighted by molar-refractivity contribution is -0.145. The highest BCUT2D eigenvalue weighted by atomic mass is 16.5.